The molecule has 1 aromatic heterocycles. The summed E-state index contributed by atoms with van der Waals surface area (Å²) in [7, 11) is 0. The van der Waals surface area contributed by atoms with E-state index in [0.717, 1.165) is 0 Å². The standard InChI is InChI=1S/C8H3F5N2/c9-7(10)6-4(2-14)1-5(3-15-6)8(11,12)13/h1,3,7H. The number of nitriles is 1. The molecular formula is C8H3F5N2. The van der Waals surface area contributed by atoms with Gasteiger partial charge < -0.3 is 0 Å². The van der Waals surface area contributed by atoms with Crippen LogP contribution >= 0.6 is 0 Å². The van der Waals surface area contributed by atoms with E-state index in [1.165, 1.54) is 6.07 Å². The van der Waals surface area contributed by atoms with E-state index in [4.69, 9.17) is 5.26 Å². The summed E-state index contributed by atoms with van der Waals surface area (Å²) in [5.41, 5.74) is -2.92. The molecule has 1 rings (SSSR count). The van der Waals surface area contributed by atoms with Crippen molar-refractivity contribution in [2.45, 2.75) is 12.6 Å². The molecule has 7 heteroatoms. The molecule has 0 spiro atoms. The molecule has 0 aromatic carbocycles. The lowest BCUT2D eigenvalue weighted by molar-refractivity contribution is -0.137. The second kappa shape index (κ2) is 3.81. The van der Waals surface area contributed by atoms with Gasteiger partial charge in [0.1, 0.15) is 11.8 Å². The zero-order valence-corrected chi connectivity index (χ0v) is 7.02. The highest BCUT2D eigenvalue weighted by Crippen LogP contribution is 2.31. The van der Waals surface area contributed by atoms with Crippen molar-refractivity contribution < 1.29 is 22.0 Å². The van der Waals surface area contributed by atoms with Crippen molar-refractivity contribution in [3.05, 3.63) is 29.1 Å². The third-order valence-corrected chi connectivity index (χ3v) is 1.57. The smallest absolute Gasteiger partial charge is 0.253 e. The van der Waals surface area contributed by atoms with Crippen LogP contribution in [-0.4, -0.2) is 4.98 Å². The van der Waals surface area contributed by atoms with Gasteiger partial charge in [0.05, 0.1) is 11.1 Å². The van der Waals surface area contributed by atoms with E-state index in [1.807, 2.05) is 0 Å². The van der Waals surface area contributed by atoms with E-state index < -0.39 is 29.4 Å². The number of halogens is 5. The Balaban J connectivity index is 3.27. The predicted octanol–water partition coefficient (Wildman–Crippen LogP) is 2.91. The van der Waals surface area contributed by atoms with Crippen molar-refractivity contribution in [3.63, 3.8) is 0 Å². The molecule has 80 valence electrons. The maximum absolute atomic E-state index is 12.1. The number of rotatable bonds is 1. The minimum absolute atomic E-state index is 0.280. The van der Waals surface area contributed by atoms with Gasteiger partial charge in [-0.1, -0.05) is 0 Å². The molecule has 0 fully saturated rings. The van der Waals surface area contributed by atoms with Gasteiger partial charge in [-0.05, 0) is 6.07 Å². The largest absolute Gasteiger partial charge is 0.417 e. The van der Waals surface area contributed by atoms with Gasteiger partial charge in [-0.3, -0.25) is 4.98 Å². The van der Waals surface area contributed by atoms with Gasteiger partial charge in [-0.25, -0.2) is 8.78 Å². The Morgan fingerprint density at radius 3 is 2.33 bits per heavy atom. The third kappa shape index (κ3) is 2.40. The molecule has 0 aliphatic rings. The maximum Gasteiger partial charge on any atom is 0.417 e. The Kier molecular flexibility index (Phi) is 2.88. The third-order valence-electron chi connectivity index (χ3n) is 1.57. The first kappa shape index (κ1) is 11.4. The van der Waals surface area contributed by atoms with E-state index in [0.29, 0.717) is 6.07 Å². The Labute approximate surface area is 81.0 Å². The lowest BCUT2D eigenvalue weighted by Crippen LogP contribution is -2.08. The van der Waals surface area contributed by atoms with Gasteiger partial charge in [-0.2, -0.15) is 18.4 Å². The van der Waals surface area contributed by atoms with Gasteiger partial charge in [0.25, 0.3) is 6.43 Å². The lowest BCUT2D eigenvalue weighted by Gasteiger charge is -2.08. The summed E-state index contributed by atoms with van der Waals surface area (Å²) >= 11 is 0. The summed E-state index contributed by atoms with van der Waals surface area (Å²) in [6, 6.07) is 1.60. The SMILES string of the molecule is N#Cc1cc(C(F)(F)F)cnc1C(F)F. The molecule has 0 bridgehead atoms. The molecule has 0 aliphatic heterocycles. The van der Waals surface area contributed by atoms with Crippen LogP contribution < -0.4 is 0 Å². The number of pyridine rings is 1. The first-order chi connectivity index (χ1) is 6.86. The maximum atomic E-state index is 12.1. The van der Waals surface area contributed by atoms with Gasteiger partial charge in [0.15, 0.2) is 0 Å². The summed E-state index contributed by atoms with van der Waals surface area (Å²) in [6.07, 6.45) is -7.48. The van der Waals surface area contributed by atoms with Gasteiger partial charge in [0, 0.05) is 6.20 Å². The monoisotopic (exact) mass is 222 g/mol. The molecule has 15 heavy (non-hydrogen) atoms. The summed E-state index contributed by atoms with van der Waals surface area (Å²) in [5.74, 6) is 0. The molecule has 1 heterocycles. The van der Waals surface area contributed by atoms with Crippen LogP contribution in [0.5, 0.6) is 0 Å². The van der Waals surface area contributed by atoms with Crippen LogP contribution in [0.4, 0.5) is 22.0 Å². The highest BCUT2D eigenvalue weighted by molar-refractivity contribution is 5.37. The van der Waals surface area contributed by atoms with Crippen molar-refractivity contribution in [1.82, 2.24) is 4.98 Å². The first-order valence-corrected chi connectivity index (χ1v) is 3.61. The van der Waals surface area contributed by atoms with E-state index in [2.05, 4.69) is 4.98 Å². The van der Waals surface area contributed by atoms with Crippen LogP contribution in [0.3, 0.4) is 0 Å². The van der Waals surface area contributed by atoms with E-state index in [9.17, 15) is 22.0 Å². The van der Waals surface area contributed by atoms with Gasteiger partial charge in [-0.15, -0.1) is 0 Å². The lowest BCUT2D eigenvalue weighted by atomic mass is 10.1. The van der Waals surface area contributed by atoms with Gasteiger partial charge in [0.2, 0.25) is 0 Å². The molecule has 0 unspecified atom stereocenters. The summed E-state index contributed by atoms with van der Waals surface area (Å²) < 4.78 is 60.6. The second-order valence-corrected chi connectivity index (χ2v) is 2.57. The highest BCUT2D eigenvalue weighted by atomic mass is 19.4. The Morgan fingerprint density at radius 2 is 1.93 bits per heavy atom. The molecule has 0 atom stereocenters. The number of aromatic nitrogens is 1. The molecule has 0 saturated heterocycles. The first-order valence-electron chi connectivity index (χ1n) is 3.61. The van der Waals surface area contributed by atoms with Crippen LogP contribution in [0.15, 0.2) is 12.3 Å². The van der Waals surface area contributed by atoms with Gasteiger partial charge >= 0.3 is 6.18 Å². The van der Waals surface area contributed by atoms with E-state index in [1.54, 1.807) is 0 Å². The fourth-order valence-corrected chi connectivity index (χ4v) is 0.894. The predicted molar refractivity (Wildman–Crippen MR) is 38.9 cm³/mol. The van der Waals surface area contributed by atoms with Crippen molar-refractivity contribution in [2.75, 3.05) is 0 Å². The molecule has 0 N–H and O–H groups in total. The normalized spacial score (nSPS) is 11.5. The van der Waals surface area contributed by atoms with E-state index in [-0.39, 0.29) is 6.20 Å². The van der Waals surface area contributed by atoms with E-state index >= 15 is 0 Å². The van der Waals surface area contributed by atoms with Crippen LogP contribution in [0.1, 0.15) is 23.2 Å². The molecule has 0 aliphatic carbocycles. The average molecular weight is 222 g/mol. The second-order valence-electron chi connectivity index (χ2n) is 2.57. The molecule has 0 amide bonds. The molecule has 0 saturated carbocycles. The fraction of sp³-hybridized carbons (Fsp3) is 0.250. The fourth-order valence-electron chi connectivity index (χ4n) is 0.894. The molecule has 0 radical (unpaired) electrons. The highest BCUT2D eigenvalue weighted by Gasteiger charge is 2.32. The summed E-state index contributed by atoms with van der Waals surface area (Å²) in [6.45, 7) is 0. The number of hydrogen-bond donors (Lipinski definition) is 0. The number of nitrogens with zero attached hydrogens (tertiary/aromatic N) is 2. The minimum atomic E-state index is -4.70. The topological polar surface area (TPSA) is 36.7 Å². The molecule has 2 nitrogen and oxygen atoms in total. The number of hydrogen-bond acceptors (Lipinski definition) is 2. The van der Waals surface area contributed by atoms with Crippen molar-refractivity contribution in [3.8, 4) is 6.07 Å². The zero-order chi connectivity index (χ0) is 11.6. The van der Waals surface area contributed by atoms with Crippen LogP contribution in [0, 0.1) is 11.3 Å². The van der Waals surface area contributed by atoms with Crippen molar-refractivity contribution in [1.29, 1.82) is 5.26 Å². The van der Waals surface area contributed by atoms with Crippen molar-refractivity contribution >= 4 is 0 Å². The van der Waals surface area contributed by atoms with Crippen molar-refractivity contribution in [2.24, 2.45) is 0 Å². The quantitative estimate of drug-likeness (QED) is 0.685. The van der Waals surface area contributed by atoms with Crippen LogP contribution in [0.2, 0.25) is 0 Å². The zero-order valence-electron chi connectivity index (χ0n) is 7.02. The Morgan fingerprint density at radius 1 is 1.33 bits per heavy atom. The number of alkyl halides is 5. The molecular weight excluding hydrogens is 219 g/mol. The van der Waals surface area contributed by atoms with Crippen LogP contribution in [-0.2, 0) is 6.18 Å². The summed E-state index contributed by atoms with van der Waals surface area (Å²) in [4.78, 5) is 2.92. The minimum Gasteiger partial charge on any atom is -0.253 e. The Hall–Kier alpha value is -1.71. The molecule has 1 aromatic rings. The average Bonchev–Trinajstić information content (AvgIpc) is 2.15. The summed E-state index contributed by atoms with van der Waals surface area (Å²) in [5, 5.41) is 8.37. The Bertz CT molecular complexity index is 404. The van der Waals surface area contributed by atoms with Crippen LogP contribution in [0.25, 0.3) is 0 Å².